The van der Waals surface area contributed by atoms with Crippen LogP contribution in [0.4, 0.5) is 0 Å². The molecule has 0 aromatic heterocycles. The van der Waals surface area contributed by atoms with E-state index in [2.05, 4.69) is 19.1 Å². The third-order valence-corrected chi connectivity index (χ3v) is 3.64. The second-order valence-corrected chi connectivity index (χ2v) is 6.01. The van der Waals surface area contributed by atoms with E-state index >= 15 is 0 Å². The van der Waals surface area contributed by atoms with Gasteiger partial charge in [-0.2, -0.15) is 0 Å². The van der Waals surface area contributed by atoms with Gasteiger partial charge in [-0.25, -0.2) is 0 Å². The highest BCUT2D eigenvalue weighted by Crippen LogP contribution is 2.22. The predicted molar refractivity (Wildman–Crippen MR) is 89.6 cm³/mol. The Hall–Kier alpha value is -1.61. The number of carbonyl (C=O) groups is 1. The number of rotatable bonds is 6. The fourth-order valence-electron chi connectivity index (χ4n) is 2.37. The molecule has 1 heterocycles. The van der Waals surface area contributed by atoms with E-state index in [9.17, 15) is 4.79 Å². The molecule has 2 N–H and O–H groups in total. The van der Waals surface area contributed by atoms with Crippen molar-refractivity contribution in [1.29, 1.82) is 0 Å². The zero-order valence-corrected chi connectivity index (χ0v) is 14.0. The molecular weight excluding hydrogens is 294 g/mol. The summed E-state index contributed by atoms with van der Waals surface area (Å²) < 4.78 is 17.2. The lowest BCUT2D eigenvalue weighted by molar-refractivity contribution is -0.165. The summed E-state index contributed by atoms with van der Waals surface area (Å²) in [5.41, 5.74) is 7.27. The second kappa shape index (κ2) is 9.51. The molecule has 0 amide bonds. The molecule has 1 fully saturated rings. The van der Waals surface area contributed by atoms with E-state index in [1.807, 2.05) is 6.92 Å². The summed E-state index contributed by atoms with van der Waals surface area (Å²) in [4.78, 5) is 11.9. The number of hydrogen-bond acceptors (Lipinski definition) is 5. The Morgan fingerprint density at radius 3 is 2.70 bits per heavy atom. The molecule has 0 bridgehead atoms. The van der Waals surface area contributed by atoms with Gasteiger partial charge in [0, 0.05) is 5.57 Å². The largest absolute Gasteiger partial charge is 0.459 e. The summed E-state index contributed by atoms with van der Waals surface area (Å²) in [6.45, 7) is 11.9. The molecular formula is C18H27NO4. The predicted octanol–water partition coefficient (Wildman–Crippen LogP) is 1.97. The quantitative estimate of drug-likeness (QED) is 0.460. The number of nitrogens with two attached hydrogens (primary N) is 1. The molecule has 1 saturated heterocycles. The van der Waals surface area contributed by atoms with Crippen LogP contribution >= 0.6 is 0 Å². The van der Waals surface area contributed by atoms with Gasteiger partial charge in [-0.05, 0) is 33.1 Å². The van der Waals surface area contributed by atoms with Crippen LogP contribution in [0.15, 0.2) is 24.3 Å². The summed E-state index contributed by atoms with van der Waals surface area (Å²) in [7, 11) is 0. The van der Waals surface area contributed by atoms with Crippen LogP contribution in [0.5, 0.6) is 0 Å². The summed E-state index contributed by atoms with van der Waals surface area (Å²) in [5.74, 6) is 2.02. The number of ether oxygens (including phenoxy) is 3. The highest BCUT2D eigenvalue weighted by atomic mass is 16.6. The van der Waals surface area contributed by atoms with E-state index in [0.717, 1.165) is 18.4 Å². The topological polar surface area (TPSA) is 70.8 Å². The van der Waals surface area contributed by atoms with Crippen molar-refractivity contribution >= 4 is 5.97 Å². The van der Waals surface area contributed by atoms with Crippen molar-refractivity contribution in [1.82, 2.24) is 0 Å². The van der Waals surface area contributed by atoms with Crippen LogP contribution in [0.3, 0.4) is 0 Å². The molecule has 5 heteroatoms. The van der Waals surface area contributed by atoms with Crippen LogP contribution < -0.4 is 5.73 Å². The smallest absolute Gasteiger partial charge is 0.323 e. The lowest BCUT2D eigenvalue weighted by Gasteiger charge is -2.31. The van der Waals surface area contributed by atoms with E-state index in [4.69, 9.17) is 26.4 Å². The van der Waals surface area contributed by atoms with Crippen molar-refractivity contribution in [3.63, 3.8) is 0 Å². The average molecular weight is 321 g/mol. The van der Waals surface area contributed by atoms with Gasteiger partial charge < -0.3 is 19.9 Å². The van der Waals surface area contributed by atoms with E-state index < -0.39 is 24.2 Å². The Kier molecular flexibility index (Phi) is 8.04. The first-order valence-electron chi connectivity index (χ1n) is 7.83. The molecule has 0 spiro atoms. The van der Waals surface area contributed by atoms with Gasteiger partial charge in [-0.1, -0.05) is 24.7 Å². The third-order valence-electron chi connectivity index (χ3n) is 3.64. The first-order valence-corrected chi connectivity index (χ1v) is 7.83. The second-order valence-electron chi connectivity index (χ2n) is 6.01. The molecule has 0 saturated carbocycles. The minimum absolute atomic E-state index is 0.196. The zero-order valence-electron chi connectivity index (χ0n) is 14.0. The Bertz CT molecular complexity index is 480. The molecule has 1 rings (SSSR count). The van der Waals surface area contributed by atoms with Gasteiger partial charge in [-0.15, -0.1) is 6.42 Å². The van der Waals surface area contributed by atoms with E-state index in [0.29, 0.717) is 18.6 Å². The molecule has 23 heavy (non-hydrogen) atoms. The molecule has 1 aliphatic heterocycles. The number of esters is 1. The number of terminal acetylenes is 1. The van der Waals surface area contributed by atoms with Crippen molar-refractivity contribution in [2.24, 2.45) is 5.73 Å². The van der Waals surface area contributed by atoms with E-state index in [-0.39, 0.29) is 12.7 Å². The average Bonchev–Trinajstić information content (AvgIpc) is 2.54. The number of carbonyl (C=O) groups excluding carboxylic acids is 1. The fourth-order valence-corrected chi connectivity index (χ4v) is 2.37. The normalized spacial score (nSPS) is 28.7. The molecule has 0 radical (unpaired) electrons. The zero-order chi connectivity index (χ0) is 17.4. The highest BCUT2D eigenvalue weighted by molar-refractivity contribution is 5.75. The van der Waals surface area contributed by atoms with Gasteiger partial charge in [0.05, 0.1) is 19.3 Å². The van der Waals surface area contributed by atoms with Crippen LogP contribution in [0.25, 0.3) is 0 Å². The highest BCUT2D eigenvalue weighted by Gasteiger charge is 2.34. The molecule has 5 nitrogen and oxygen atoms in total. The van der Waals surface area contributed by atoms with E-state index in [1.165, 1.54) is 0 Å². The SMILES string of the molecule is C#CC(=C)CO[C@H]1[C@H](C)OC(=O)[C@@H](N)CCC[C@@H]1OCC(=C)C. The fraction of sp³-hybridized carbons (Fsp3) is 0.611. The van der Waals surface area contributed by atoms with Crippen molar-refractivity contribution in [2.75, 3.05) is 13.2 Å². The third kappa shape index (κ3) is 6.57. The van der Waals surface area contributed by atoms with Crippen molar-refractivity contribution in [2.45, 2.75) is 57.5 Å². The van der Waals surface area contributed by atoms with Crippen molar-refractivity contribution < 1.29 is 19.0 Å². The van der Waals surface area contributed by atoms with Gasteiger partial charge in [0.25, 0.3) is 0 Å². The van der Waals surface area contributed by atoms with Crippen LogP contribution in [0.2, 0.25) is 0 Å². The summed E-state index contributed by atoms with van der Waals surface area (Å²) >= 11 is 0. The molecule has 0 aromatic carbocycles. The molecule has 1 aliphatic rings. The molecule has 0 unspecified atom stereocenters. The van der Waals surface area contributed by atoms with Gasteiger partial charge in [0.15, 0.2) is 0 Å². The van der Waals surface area contributed by atoms with Crippen LogP contribution in [-0.4, -0.2) is 43.5 Å². The van der Waals surface area contributed by atoms with E-state index in [1.54, 1.807) is 6.92 Å². The monoisotopic (exact) mass is 321 g/mol. The lowest BCUT2D eigenvalue weighted by Crippen LogP contribution is -2.43. The number of cyclic esters (lactones) is 1. The Morgan fingerprint density at radius 2 is 2.09 bits per heavy atom. The van der Waals surface area contributed by atoms with Crippen molar-refractivity contribution in [3.8, 4) is 12.3 Å². The summed E-state index contributed by atoms with van der Waals surface area (Å²) in [6.07, 6.45) is 6.17. The molecule has 128 valence electrons. The van der Waals surface area contributed by atoms with Crippen LogP contribution in [0.1, 0.15) is 33.1 Å². The standard InChI is InChI=1S/C18H27NO4/c1-6-13(4)11-22-17-14(5)23-18(20)15(19)8-7-9-16(17)21-10-12(2)3/h1,14-17H,2,4,7-11,19H2,3,5H3/t14-,15-,16-,17-/m0/s1. The maximum Gasteiger partial charge on any atom is 0.323 e. The van der Waals surface area contributed by atoms with Gasteiger partial charge in [0.1, 0.15) is 18.2 Å². The molecule has 0 aliphatic carbocycles. The first kappa shape index (κ1) is 19.4. The maximum atomic E-state index is 11.9. The summed E-state index contributed by atoms with van der Waals surface area (Å²) in [6, 6.07) is -0.612. The summed E-state index contributed by atoms with van der Waals surface area (Å²) in [5, 5.41) is 0. The Labute approximate surface area is 138 Å². The van der Waals surface area contributed by atoms with Crippen LogP contribution in [0, 0.1) is 12.3 Å². The van der Waals surface area contributed by atoms with Gasteiger partial charge in [-0.3, -0.25) is 4.79 Å². The lowest BCUT2D eigenvalue weighted by atomic mass is 10.0. The minimum atomic E-state index is -0.612. The van der Waals surface area contributed by atoms with Crippen molar-refractivity contribution in [3.05, 3.63) is 24.3 Å². The van der Waals surface area contributed by atoms with Crippen LogP contribution in [-0.2, 0) is 19.0 Å². The number of hydrogen-bond donors (Lipinski definition) is 1. The minimum Gasteiger partial charge on any atom is -0.459 e. The van der Waals surface area contributed by atoms with Gasteiger partial charge >= 0.3 is 5.97 Å². The molecule has 0 aromatic rings. The van der Waals surface area contributed by atoms with Gasteiger partial charge in [0.2, 0.25) is 0 Å². The Balaban J connectivity index is 2.88. The Morgan fingerprint density at radius 1 is 1.39 bits per heavy atom. The molecule has 4 atom stereocenters. The maximum absolute atomic E-state index is 11.9. The first-order chi connectivity index (χ1) is 10.8.